The van der Waals surface area contributed by atoms with Gasteiger partial charge in [-0.2, -0.15) is 4.31 Å². The maximum Gasteiger partial charge on any atom is 0.223 e. The van der Waals surface area contributed by atoms with Gasteiger partial charge in [0.1, 0.15) is 5.75 Å². The van der Waals surface area contributed by atoms with Crippen molar-refractivity contribution >= 4 is 15.9 Å². The third-order valence-electron chi connectivity index (χ3n) is 3.62. The summed E-state index contributed by atoms with van der Waals surface area (Å²) in [6.45, 7) is 0.787. The number of methoxy groups -OCH3 is 1. The topological polar surface area (TPSA) is 75.7 Å². The van der Waals surface area contributed by atoms with E-state index in [4.69, 9.17) is 4.74 Å². The number of carbonyl (C=O) groups excluding carboxylic acids is 1. The van der Waals surface area contributed by atoms with Gasteiger partial charge in [0, 0.05) is 31.1 Å². The van der Waals surface area contributed by atoms with Gasteiger partial charge in [-0.1, -0.05) is 18.2 Å². The SMILES string of the molecule is COc1ccccc1CN(CCNC(=O)C1CC1)S(C)(=O)=O. The van der Waals surface area contributed by atoms with Crippen LogP contribution < -0.4 is 10.1 Å². The molecule has 22 heavy (non-hydrogen) atoms. The predicted molar refractivity (Wildman–Crippen MR) is 84.0 cm³/mol. The maximum atomic E-state index is 11.9. The van der Waals surface area contributed by atoms with Crippen LogP contribution >= 0.6 is 0 Å². The summed E-state index contributed by atoms with van der Waals surface area (Å²) in [7, 11) is -1.81. The Balaban J connectivity index is 1.98. The number of amides is 1. The number of hydrogen-bond acceptors (Lipinski definition) is 4. The first-order valence-corrected chi connectivity index (χ1v) is 9.11. The van der Waals surface area contributed by atoms with E-state index < -0.39 is 10.0 Å². The lowest BCUT2D eigenvalue weighted by molar-refractivity contribution is -0.122. The molecule has 7 heteroatoms. The van der Waals surface area contributed by atoms with E-state index >= 15 is 0 Å². The minimum absolute atomic E-state index is 0.0192. The standard InChI is InChI=1S/C15H22N2O4S/c1-21-14-6-4-3-5-13(14)11-17(22(2,19)20)10-9-16-15(18)12-7-8-12/h3-6,12H,7-11H2,1-2H3,(H,16,18). The third kappa shape index (κ3) is 4.71. The van der Waals surface area contributed by atoms with Crippen LogP contribution in [0.1, 0.15) is 18.4 Å². The molecule has 1 aromatic rings. The summed E-state index contributed by atoms with van der Waals surface area (Å²) in [6.07, 6.45) is 3.04. The van der Waals surface area contributed by atoms with Crippen molar-refractivity contribution in [2.75, 3.05) is 26.5 Å². The molecular weight excluding hydrogens is 304 g/mol. The number of benzene rings is 1. The van der Waals surface area contributed by atoms with E-state index in [1.165, 1.54) is 10.6 Å². The van der Waals surface area contributed by atoms with Crippen LogP contribution in [0.4, 0.5) is 0 Å². The van der Waals surface area contributed by atoms with Crippen LogP contribution in [0.25, 0.3) is 0 Å². The Morgan fingerprint density at radius 3 is 2.64 bits per heavy atom. The van der Waals surface area contributed by atoms with Gasteiger partial charge < -0.3 is 10.1 Å². The first-order valence-electron chi connectivity index (χ1n) is 7.26. The van der Waals surface area contributed by atoms with Crippen molar-refractivity contribution in [2.45, 2.75) is 19.4 Å². The van der Waals surface area contributed by atoms with Crippen molar-refractivity contribution in [1.29, 1.82) is 0 Å². The van der Waals surface area contributed by atoms with Crippen molar-refractivity contribution in [2.24, 2.45) is 5.92 Å². The Morgan fingerprint density at radius 1 is 1.36 bits per heavy atom. The summed E-state index contributed by atoms with van der Waals surface area (Å²) in [5, 5.41) is 2.79. The fourth-order valence-electron chi connectivity index (χ4n) is 2.18. The van der Waals surface area contributed by atoms with Crippen LogP contribution in [-0.2, 0) is 21.4 Å². The van der Waals surface area contributed by atoms with Gasteiger partial charge in [-0.15, -0.1) is 0 Å². The molecule has 0 bridgehead atoms. The normalized spacial score (nSPS) is 14.9. The zero-order valence-corrected chi connectivity index (χ0v) is 13.7. The molecule has 6 nitrogen and oxygen atoms in total. The van der Waals surface area contributed by atoms with Crippen LogP contribution in [0.3, 0.4) is 0 Å². The fraction of sp³-hybridized carbons (Fsp3) is 0.533. The van der Waals surface area contributed by atoms with Crippen LogP contribution in [0.5, 0.6) is 5.75 Å². The quantitative estimate of drug-likeness (QED) is 0.773. The number of sulfonamides is 1. The molecule has 2 rings (SSSR count). The summed E-state index contributed by atoms with van der Waals surface area (Å²) in [5.74, 6) is 0.796. The molecule has 0 spiro atoms. The van der Waals surface area contributed by atoms with Crippen molar-refractivity contribution in [1.82, 2.24) is 9.62 Å². The van der Waals surface area contributed by atoms with E-state index in [-0.39, 0.29) is 24.9 Å². The molecule has 1 amide bonds. The number of carbonyl (C=O) groups is 1. The summed E-state index contributed by atoms with van der Waals surface area (Å²) < 4.78 is 30.5. The lowest BCUT2D eigenvalue weighted by Gasteiger charge is -2.21. The maximum absolute atomic E-state index is 11.9. The first kappa shape index (κ1) is 16.8. The molecule has 0 aromatic heterocycles. The van der Waals surface area contributed by atoms with Gasteiger partial charge in [0.25, 0.3) is 0 Å². The highest BCUT2D eigenvalue weighted by Gasteiger charge is 2.29. The highest BCUT2D eigenvalue weighted by molar-refractivity contribution is 7.88. The van der Waals surface area contributed by atoms with Crippen LogP contribution in [0, 0.1) is 5.92 Å². The first-order chi connectivity index (χ1) is 10.4. The number of ether oxygens (including phenoxy) is 1. The molecular formula is C15H22N2O4S. The van der Waals surface area contributed by atoms with Gasteiger partial charge in [0.05, 0.1) is 13.4 Å². The molecule has 0 atom stereocenters. The summed E-state index contributed by atoms with van der Waals surface area (Å²) in [4.78, 5) is 11.6. The van der Waals surface area contributed by atoms with Gasteiger partial charge in [0.15, 0.2) is 0 Å². The zero-order valence-electron chi connectivity index (χ0n) is 12.9. The molecule has 0 heterocycles. The molecule has 1 N–H and O–H groups in total. The smallest absolute Gasteiger partial charge is 0.223 e. The summed E-state index contributed by atoms with van der Waals surface area (Å²) in [5.41, 5.74) is 0.795. The molecule has 122 valence electrons. The Kier molecular flexibility index (Phi) is 5.42. The molecule has 1 saturated carbocycles. The van der Waals surface area contributed by atoms with E-state index in [1.807, 2.05) is 18.2 Å². The molecule has 0 unspecified atom stereocenters. The molecule has 0 saturated heterocycles. The predicted octanol–water partition coefficient (Wildman–Crippen LogP) is 0.983. The van der Waals surface area contributed by atoms with E-state index in [1.54, 1.807) is 13.2 Å². The lowest BCUT2D eigenvalue weighted by Crippen LogP contribution is -2.38. The second-order valence-electron chi connectivity index (χ2n) is 5.47. The highest BCUT2D eigenvalue weighted by atomic mass is 32.2. The van der Waals surface area contributed by atoms with Gasteiger partial charge in [-0.25, -0.2) is 8.42 Å². The summed E-state index contributed by atoms with van der Waals surface area (Å²) in [6, 6.07) is 7.31. The minimum Gasteiger partial charge on any atom is -0.496 e. The minimum atomic E-state index is -3.36. The van der Waals surface area contributed by atoms with Crippen molar-refractivity contribution in [3.05, 3.63) is 29.8 Å². The van der Waals surface area contributed by atoms with Crippen LogP contribution in [0.15, 0.2) is 24.3 Å². The average molecular weight is 326 g/mol. The van der Waals surface area contributed by atoms with Crippen molar-refractivity contribution < 1.29 is 17.9 Å². The van der Waals surface area contributed by atoms with Gasteiger partial charge in [-0.3, -0.25) is 4.79 Å². The number of nitrogens with one attached hydrogen (secondary N) is 1. The Bertz CT molecular complexity index is 626. The summed E-state index contributed by atoms with van der Waals surface area (Å²) >= 11 is 0. The van der Waals surface area contributed by atoms with Crippen LogP contribution in [-0.4, -0.2) is 45.1 Å². The molecule has 1 aliphatic rings. The monoisotopic (exact) mass is 326 g/mol. The molecule has 1 aliphatic carbocycles. The number of nitrogens with zero attached hydrogens (tertiary/aromatic N) is 1. The Hall–Kier alpha value is -1.60. The van der Waals surface area contributed by atoms with Gasteiger partial charge in [0.2, 0.25) is 15.9 Å². The van der Waals surface area contributed by atoms with E-state index in [0.717, 1.165) is 18.4 Å². The Labute approximate surface area is 131 Å². The lowest BCUT2D eigenvalue weighted by atomic mass is 10.2. The zero-order chi connectivity index (χ0) is 16.2. The van der Waals surface area contributed by atoms with E-state index in [2.05, 4.69) is 5.32 Å². The molecule has 0 radical (unpaired) electrons. The molecule has 1 aromatic carbocycles. The third-order valence-corrected chi connectivity index (χ3v) is 4.87. The fourth-order valence-corrected chi connectivity index (χ4v) is 2.98. The number of rotatable bonds is 8. The van der Waals surface area contributed by atoms with Crippen LogP contribution in [0.2, 0.25) is 0 Å². The van der Waals surface area contributed by atoms with E-state index in [0.29, 0.717) is 12.3 Å². The largest absolute Gasteiger partial charge is 0.496 e. The highest BCUT2D eigenvalue weighted by Crippen LogP contribution is 2.28. The molecule has 1 fully saturated rings. The second kappa shape index (κ2) is 7.11. The molecule has 0 aliphatic heterocycles. The number of hydrogen-bond donors (Lipinski definition) is 1. The number of para-hydroxylation sites is 1. The average Bonchev–Trinajstić information content (AvgIpc) is 3.30. The van der Waals surface area contributed by atoms with E-state index in [9.17, 15) is 13.2 Å². The van der Waals surface area contributed by atoms with Crippen molar-refractivity contribution in [3.8, 4) is 5.75 Å². The Morgan fingerprint density at radius 2 is 2.05 bits per heavy atom. The van der Waals surface area contributed by atoms with Gasteiger partial charge >= 0.3 is 0 Å². The van der Waals surface area contributed by atoms with Gasteiger partial charge in [-0.05, 0) is 18.9 Å². The second-order valence-corrected chi connectivity index (χ2v) is 7.46. The van der Waals surface area contributed by atoms with Crippen molar-refractivity contribution in [3.63, 3.8) is 0 Å².